The average molecular weight is 214 g/mol. The number of thiol groups is 1. The highest BCUT2D eigenvalue weighted by Gasteiger charge is 2.05. The summed E-state index contributed by atoms with van der Waals surface area (Å²) < 4.78 is 0. The Morgan fingerprint density at radius 2 is 1.53 bits per heavy atom. The second-order valence-electron chi connectivity index (χ2n) is 3.77. The van der Waals surface area contributed by atoms with Crippen LogP contribution in [0.2, 0.25) is 0 Å². The van der Waals surface area contributed by atoms with Gasteiger partial charge in [-0.15, -0.1) is 12.6 Å². The molecule has 2 aromatic rings. The Bertz CT molecular complexity index is 472. The Labute approximate surface area is 96.4 Å². The molecule has 0 bridgehead atoms. The Morgan fingerprint density at radius 1 is 0.867 bits per heavy atom. The summed E-state index contributed by atoms with van der Waals surface area (Å²) in [7, 11) is 0. The van der Waals surface area contributed by atoms with Crippen molar-refractivity contribution in [1.29, 1.82) is 0 Å². The predicted molar refractivity (Wildman–Crippen MR) is 68.6 cm³/mol. The van der Waals surface area contributed by atoms with Gasteiger partial charge in [-0.1, -0.05) is 42.5 Å². The third kappa shape index (κ3) is 1.93. The van der Waals surface area contributed by atoms with E-state index in [2.05, 4.69) is 62.9 Å². The molecule has 0 unspecified atom stereocenters. The van der Waals surface area contributed by atoms with Gasteiger partial charge in [0.2, 0.25) is 0 Å². The molecule has 2 aromatic carbocycles. The van der Waals surface area contributed by atoms with Crippen LogP contribution in [0.1, 0.15) is 11.1 Å². The lowest BCUT2D eigenvalue weighted by Gasteiger charge is -2.10. The summed E-state index contributed by atoms with van der Waals surface area (Å²) in [6, 6.07) is 14.7. The van der Waals surface area contributed by atoms with Gasteiger partial charge in [-0.25, -0.2) is 0 Å². The first-order chi connectivity index (χ1) is 7.20. The molecule has 0 saturated carbocycles. The van der Waals surface area contributed by atoms with Crippen LogP contribution in [-0.4, -0.2) is 0 Å². The summed E-state index contributed by atoms with van der Waals surface area (Å²) in [5.74, 6) is 0. The minimum Gasteiger partial charge on any atom is -0.143 e. The minimum absolute atomic E-state index is 1.09. The molecule has 0 fully saturated rings. The van der Waals surface area contributed by atoms with Crippen LogP contribution in [0.4, 0.5) is 0 Å². The number of rotatable bonds is 1. The molecule has 0 aliphatic rings. The van der Waals surface area contributed by atoms with Gasteiger partial charge in [-0.3, -0.25) is 0 Å². The van der Waals surface area contributed by atoms with Crippen LogP contribution in [0, 0.1) is 13.8 Å². The summed E-state index contributed by atoms with van der Waals surface area (Å²) >= 11 is 4.53. The van der Waals surface area contributed by atoms with E-state index < -0.39 is 0 Å². The first-order valence-corrected chi connectivity index (χ1v) is 5.49. The Morgan fingerprint density at radius 3 is 2.20 bits per heavy atom. The fourth-order valence-corrected chi connectivity index (χ4v) is 1.96. The van der Waals surface area contributed by atoms with Crippen molar-refractivity contribution in [3.05, 3.63) is 53.6 Å². The van der Waals surface area contributed by atoms with Gasteiger partial charge in [-0.05, 0) is 36.1 Å². The molecule has 0 aromatic heterocycles. The summed E-state index contributed by atoms with van der Waals surface area (Å²) in [5.41, 5.74) is 5.01. The minimum atomic E-state index is 1.09. The molecule has 0 atom stereocenters. The molecular formula is C14H14S. The lowest BCUT2D eigenvalue weighted by atomic mass is 9.99. The fraction of sp³-hybridized carbons (Fsp3) is 0.143. The maximum atomic E-state index is 4.53. The number of hydrogen-bond acceptors (Lipinski definition) is 1. The van der Waals surface area contributed by atoms with E-state index in [1.165, 1.54) is 22.3 Å². The summed E-state index contributed by atoms with van der Waals surface area (Å²) in [6.07, 6.45) is 0. The smallest absolute Gasteiger partial charge is 0.0105 e. The Hall–Kier alpha value is -1.21. The molecule has 0 aliphatic heterocycles. The van der Waals surface area contributed by atoms with Crippen LogP contribution in [-0.2, 0) is 0 Å². The van der Waals surface area contributed by atoms with Crippen molar-refractivity contribution in [2.24, 2.45) is 0 Å². The molecule has 0 aliphatic carbocycles. The third-order valence-corrected chi connectivity index (χ3v) is 3.41. The van der Waals surface area contributed by atoms with E-state index in [0.29, 0.717) is 0 Å². The van der Waals surface area contributed by atoms with E-state index in [4.69, 9.17) is 0 Å². The van der Waals surface area contributed by atoms with E-state index in [1.54, 1.807) is 0 Å². The molecule has 0 heterocycles. The summed E-state index contributed by atoms with van der Waals surface area (Å²) in [5, 5.41) is 0. The van der Waals surface area contributed by atoms with Gasteiger partial charge in [0.1, 0.15) is 0 Å². The van der Waals surface area contributed by atoms with Crippen LogP contribution >= 0.6 is 12.6 Å². The first kappa shape index (κ1) is 10.3. The van der Waals surface area contributed by atoms with Gasteiger partial charge in [0.05, 0.1) is 0 Å². The lowest BCUT2D eigenvalue weighted by molar-refractivity contribution is 1.23. The van der Waals surface area contributed by atoms with Crippen molar-refractivity contribution in [1.82, 2.24) is 0 Å². The van der Waals surface area contributed by atoms with Crippen LogP contribution in [0.15, 0.2) is 47.4 Å². The number of benzene rings is 2. The summed E-state index contributed by atoms with van der Waals surface area (Å²) in [4.78, 5) is 1.09. The van der Waals surface area contributed by atoms with Gasteiger partial charge in [0.15, 0.2) is 0 Å². The van der Waals surface area contributed by atoms with Crippen LogP contribution in [0.25, 0.3) is 11.1 Å². The van der Waals surface area contributed by atoms with Crippen molar-refractivity contribution in [2.45, 2.75) is 18.7 Å². The van der Waals surface area contributed by atoms with Gasteiger partial charge in [-0.2, -0.15) is 0 Å². The molecule has 0 amide bonds. The zero-order valence-corrected chi connectivity index (χ0v) is 9.88. The molecule has 0 nitrogen and oxygen atoms in total. The molecule has 0 N–H and O–H groups in total. The molecule has 1 heteroatoms. The molecule has 0 radical (unpaired) electrons. The van der Waals surface area contributed by atoms with Gasteiger partial charge < -0.3 is 0 Å². The second-order valence-corrected chi connectivity index (χ2v) is 4.22. The van der Waals surface area contributed by atoms with Crippen molar-refractivity contribution in [2.75, 3.05) is 0 Å². The number of aryl methyl sites for hydroxylation is 1. The van der Waals surface area contributed by atoms with Crippen molar-refractivity contribution in [3.63, 3.8) is 0 Å². The van der Waals surface area contributed by atoms with E-state index in [-0.39, 0.29) is 0 Å². The normalized spacial score (nSPS) is 10.3. The SMILES string of the molecule is Cc1ccc(-c2ccccc2)c(C)c1S. The molecular weight excluding hydrogens is 200 g/mol. The standard InChI is InChI=1S/C14H14S/c1-10-8-9-13(11(2)14(10)15)12-6-4-3-5-7-12/h3-9,15H,1-2H3. The van der Waals surface area contributed by atoms with E-state index in [0.717, 1.165) is 4.90 Å². The fourth-order valence-electron chi connectivity index (χ4n) is 1.77. The van der Waals surface area contributed by atoms with Crippen LogP contribution in [0.3, 0.4) is 0 Å². The van der Waals surface area contributed by atoms with Crippen molar-refractivity contribution < 1.29 is 0 Å². The molecule has 0 spiro atoms. The van der Waals surface area contributed by atoms with E-state index in [1.807, 2.05) is 6.07 Å². The van der Waals surface area contributed by atoms with Crippen LogP contribution < -0.4 is 0 Å². The average Bonchev–Trinajstić information content (AvgIpc) is 2.27. The Kier molecular flexibility index (Phi) is 2.83. The van der Waals surface area contributed by atoms with E-state index >= 15 is 0 Å². The Balaban J connectivity index is 2.60. The van der Waals surface area contributed by atoms with E-state index in [9.17, 15) is 0 Å². The zero-order valence-electron chi connectivity index (χ0n) is 8.99. The molecule has 2 rings (SSSR count). The quantitative estimate of drug-likeness (QED) is 0.674. The highest BCUT2D eigenvalue weighted by molar-refractivity contribution is 7.80. The molecule has 76 valence electrons. The van der Waals surface area contributed by atoms with Gasteiger partial charge in [0, 0.05) is 4.90 Å². The summed E-state index contributed by atoms with van der Waals surface area (Å²) in [6.45, 7) is 4.21. The highest BCUT2D eigenvalue weighted by Crippen LogP contribution is 2.29. The number of hydrogen-bond donors (Lipinski definition) is 1. The van der Waals surface area contributed by atoms with Gasteiger partial charge in [0.25, 0.3) is 0 Å². The molecule has 15 heavy (non-hydrogen) atoms. The first-order valence-electron chi connectivity index (χ1n) is 5.04. The second kappa shape index (κ2) is 4.11. The van der Waals surface area contributed by atoms with Gasteiger partial charge >= 0.3 is 0 Å². The largest absolute Gasteiger partial charge is 0.143 e. The van der Waals surface area contributed by atoms with Crippen molar-refractivity contribution >= 4 is 12.6 Å². The zero-order chi connectivity index (χ0) is 10.8. The molecule has 0 saturated heterocycles. The maximum absolute atomic E-state index is 4.53. The monoisotopic (exact) mass is 214 g/mol. The topological polar surface area (TPSA) is 0 Å². The maximum Gasteiger partial charge on any atom is 0.0105 e. The van der Waals surface area contributed by atoms with Crippen molar-refractivity contribution in [3.8, 4) is 11.1 Å². The lowest BCUT2D eigenvalue weighted by Crippen LogP contribution is -1.87. The third-order valence-electron chi connectivity index (χ3n) is 2.72. The highest BCUT2D eigenvalue weighted by atomic mass is 32.1. The predicted octanol–water partition coefficient (Wildman–Crippen LogP) is 4.26. The van der Waals surface area contributed by atoms with Crippen LogP contribution in [0.5, 0.6) is 0 Å².